The van der Waals surface area contributed by atoms with Crippen molar-refractivity contribution in [1.29, 1.82) is 0 Å². The topological polar surface area (TPSA) is 77.5 Å². The Morgan fingerprint density at radius 3 is 2.23 bits per heavy atom. The molecule has 0 saturated carbocycles. The van der Waals surface area contributed by atoms with E-state index in [0.717, 1.165) is 51.9 Å². The van der Waals surface area contributed by atoms with Crippen molar-refractivity contribution in [3.8, 4) is 40.0 Å². The number of benzene rings is 2. The smallest absolute Gasteiger partial charge is 0.236 e. The molecular formula is C31H32Cl2N4O3. The minimum Gasteiger partial charge on any atom is -0.481 e. The van der Waals surface area contributed by atoms with Crippen LogP contribution in [0, 0.1) is 0 Å². The Morgan fingerprint density at radius 1 is 0.800 bits per heavy atom. The average molecular weight is 580 g/mol. The van der Waals surface area contributed by atoms with Gasteiger partial charge in [0, 0.05) is 35.3 Å². The first-order valence-electron chi connectivity index (χ1n) is 13.1. The summed E-state index contributed by atoms with van der Waals surface area (Å²) in [7, 11) is 6.98. The maximum atomic E-state index is 7.07. The van der Waals surface area contributed by atoms with Gasteiger partial charge in [0.2, 0.25) is 17.6 Å². The number of methoxy groups -OCH3 is 2. The van der Waals surface area contributed by atoms with Gasteiger partial charge in [-0.3, -0.25) is 0 Å². The van der Waals surface area contributed by atoms with E-state index in [4.69, 9.17) is 42.4 Å². The van der Waals surface area contributed by atoms with E-state index in [1.165, 1.54) is 5.56 Å². The lowest BCUT2D eigenvalue weighted by molar-refractivity contribution is 0.196. The van der Waals surface area contributed by atoms with Gasteiger partial charge in [0.15, 0.2) is 0 Å². The number of ether oxygens (including phenoxy) is 3. The Labute approximate surface area is 244 Å². The summed E-state index contributed by atoms with van der Waals surface area (Å²) in [6.07, 6.45) is 1.45. The van der Waals surface area contributed by atoms with Gasteiger partial charge in [-0.05, 0) is 55.8 Å². The molecule has 2 aromatic carbocycles. The van der Waals surface area contributed by atoms with Crippen LogP contribution < -0.4 is 24.8 Å². The average Bonchev–Trinajstić information content (AvgIpc) is 3.38. The van der Waals surface area contributed by atoms with Crippen molar-refractivity contribution in [2.24, 2.45) is 0 Å². The summed E-state index contributed by atoms with van der Waals surface area (Å²) in [6, 6.07) is 18.1. The molecule has 2 N–H and O–H groups in total. The lowest BCUT2D eigenvalue weighted by Crippen LogP contribution is -2.10. The summed E-state index contributed by atoms with van der Waals surface area (Å²) in [5.41, 5.74) is 7.80. The molecule has 1 aliphatic carbocycles. The second-order valence-electron chi connectivity index (χ2n) is 9.55. The van der Waals surface area contributed by atoms with Crippen LogP contribution in [0.25, 0.3) is 22.4 Å². The summed E-state index contributed by atoms with van der Waals surface area (Å²) in [6.45, 7) is 1.26. The van der Waals surface area contributed by atoms with Gasteiger partial charge in [0.05, 0.1) is 24.9 Å². The number of aromatic nitrogens is 2. The SMILES string of the molecule is CNCc1ccc(-c2cccc(-c3cccc4c3CC[C@@H]4Oc3nc(OC)c(CNC)cc3Cl)c2Cl)nc1OC. The predicted molar refractivity (Wildman–Crippen MR) is 160 cm³/mol. The molecule has 9 heteroatoms. The molecule has 0 unspecified atom stereocenters. The number of nitrogens with one attached hydrogen (secondary N) is 2. The molecule has 2 aromatic heterocycles. The molecule has 40 heavy (non-hydrogen) atoms. The summed E-state index contributed by atoms with van der Waals surface area (Å²) in [5, 5.41) is 7.34. The standard InChI is InChI=1S/C31H32Cl2N4O3/c1-34-16-18-11-13-26(36-29(18)38-3)24-10-6-9-23(28(24)33)20-7-5-8-22-21(20)12-14-27(22)40-31-25(32)15-19(17-35-2)30(37-31)39-4/h5-11,13,15,27,34-35H,12,14,16-17H2,1-4H3/t27-/m0/s1. The molecule has 0 bridgehead atoms. The molecular weight excluding hydrogens is 547 g/mol. The van der Waals surface area contributed by atoms with Crippen molar-refractivity contribution >= 4 is 23.2 Å². The van der Waals surface area contributed by atoms with Crippen LogP contribution in [0.1, 0.15) is 34.8 Å². The molecule has 0 radical (unpaired) electrons. The van der Waals surface area contributed by atoms with Crippen molar-refractivity contribution in [1.82, 2.24) is 20.6 Å². The number of hydrogen-bond donors (Lipinski definition) is 2. The highest BCUT2D eigenvalue weighted by atomic mass is 35.5. The summed E-state index contributed by atoms with van der Waals surface area (Å²) in [5.74, 6) is 1.44. The number of hydrogen-bond acceptors (Lipinski definition) is 7. The Kier molecular flexibility index (Phi) is 8.76. The summed E-state index contributed by atoms with van der Waals surface area (Å²) >= 11 is 13.6. The molecule has 0 spiro atoms. The van der Waals surface area contributed by atoms with Crippen molar-refractivity contribution in [2.75, 3.05) is 28.3 Å². The van der Waals surface area contributed by atoms with E-state index in [9.17, 15) is 0 Å². The van der Waals surface area contributed by atoms with Crippen molar-refractivity contribution in [2.45, 2.75) is 32.0 Å². The van der Waals surface area contributed by atoms with Crippen molar-refractivity contribution < 1.29 is 14.2 Å². The molecule has 2 heterocycles. The first kappa shape index (κ1) is 28.2. The van der Waals surface area contributed by atoms with E-state index in [1.807, 2.05) is 56.6 Å². The van der Waals surface area contributed by atoms with Crippen LogP contribution in [0.2, 0.25) is 10.0 Å². The van der Waals surface area contributed by atoms with Crippen LogP contribution in [0.3, 0.4) is 0 Å². The molecule has 0 saturated heterocycles. The molecule has 0 amide bonds. The third-order valence-corrected chi connectivity index (χ3v) is 7.76. The normalized spacial score (nSPS) is 14.2. The van der Waals surface area contributed by atoms with Gasteiger partial charge in [0.25, 0.3) is 0 Å². The van der Waals surface area contributed by atoms with Gasteiger partial charge in [-0.1, -0.05) is 65.7 Å². The highest BCUT2D eigenvalue weighted by molar-refractivity contribution is 6.36. The Hall–Kier alpha value is -3.36. The van der Waals surface area contributed by atoms with E-state index in [1.54, 1.807) is 14.2 Å². The fourth-order valence-corrected chi connectivity index (χ4v) is 5.80. The van der Waals surface area contributed by atoms with Crippen LogP contribution in [-0.2, 0) is 19.5 Å². The van der Waals surface area contributed by atoms with Crippen LogP contribution >= 0.6 is 23.2 Å². The van der Waals surface area contributed by atoms with Gasteiger partial charge < -0.3 is 24.8 Å². The molecule has 0 fully saturated rings. The number of pyridine rings is 2. The predicted octanol–water partition coefficient (Wildman–Crippen LogP) is 6.64. The molecule has 208 valence electrons. The largest absolute Gasteiger partial charge is 0.481 e. The van der Waals surface area contributed by atoms with E-state index < -0.39 is 0 Å². The molecule has 1 aliphatic rings. The van der Waals surface area contributed by atoms with Gasteiger partial charge >= 0.3 is 0 Å². The van der Waals surface area contributed by atoms with Crippen LogP contribution in [0.5, 0.6) is 17.6 Å². The quantitative estimate of drug-likeness (QED) is 0.218. The van der Waals surface area contributed by atoms with E-state index in [0.29, 0.717) is 40.8 Å². The molecule has 0 aliphatic heterocycles. The van der Waals surface area contributed by atoms with Crippen LogP contribution in [-0.4, -0.2) is 38.3 Å². The first-order valence-corrected chi connectivity index (χ1v) is 13.9. The number of rotatable bonds is 10. The van der Waals surface area contributed by atoms with Crippen molar-refractivity contribution in [3.63, 3.8) is 0 Å². The van der Waals surface area contributed by atoms with Crippen LogP contribution in [0.15, 0.2) is 54.6 Å². The van der Waals surface area contributed by atoms with Gasteiger partial charge in [-0.15, -0.1) is 0 Å². The zero-order valence-corrected chi connectivity index (χ0v) is 24.5. The first-order chi connectivity index (χ1) is 19.5. The van der Waals surface area contributed by atoms with Crippen molar-refractivity contribution in [3.05, 3.63) is 86.9 Å². The Bertz CT molecular complexity index is 1530. The summed E-state index contributed by atoms with van der Waals surface area (Å²) in [4.78, 5) is 9.31. The van der Waals surface area contributed by atoms with Crippen LogP contribution in [0.4, 0.5) is 0 Å². The monoisotopic (exact) mass is 578 g/mol. The second-order valence-corrected chi connectivity index (χ2v) is 10.3. The minimum absolute atomic E-state index is 0.188. The maximum absolute atomic E-state index is 7.07. The van der Waals surface area contributed by atoms with E-state index in [2.05, 4.69) is 27.8 Å². The number of fused-ring (bicyclic) bond motifs is 1. The fourth-order valence-electron chi connectivity index (χ4n) is 5.25. The maximum Gasteiger partial charge on any atom is 0.236 e. The third-order valence-electron chi connectivity index (χ3n) is 7.08. The lowest BCUT2D eigenvalue weighted by atomic mass is 9.94. The highest BCUT2D eigenvalue weighted by Crippen LogP contribution is 2.44. The van der Waals surface area contributed by atoms with E-state index in [-0.39, 0.29) is 6.10 Å². The zero-order valence-electron chi connectivity index (χ0n) is 23.0. The molecule has 4 aromatic rings. The lowest BCUT2D eigenvalue weighted by Gasteiger charge is -2.18. The molecule has 7 nitrogen and oxygen atoms in total. The number of halogens is 2. The van der Waals surface area contributed by atoms with E-state index >= 15 is 0 Å². The van der Waals surface area contributed by atoms with Gasteiger partial charge in [0.1, 0.15) is 11.1 Å². The Morgan fingerprint density at radius 2 is 1.48 bits per heavy atom. The fraction of sp³-hybridized carbons (Fsp3) is 0.290. The molecule has 5 rings (SSSR count). The van der Waals surface area contributed by atoms with Gasteiger partial charge in [-0.2, -0.15) is 4.98 Å². The number of nitrogens with zero attached hydrogens (tertiary/aromatic N) is 2. The zero-order chi connectivity index (χ0) is 28.2. The minimum atomic E-state index is -0.188. The highest BCUT2D eigenvalue weighted by Gasteiger charge is 2.29. The second kappa shape index (κ2) is 12.4. The van der Waals surface area contributed by atoms with Gasteiger partial charge in [-0.25, -0.2) is 4.98 Å². The summed E-state index contributed by atoms with van der Waals surface area (Å²) < 4.78 is 17.4. The third kappa shape index (κ3) is 5.47. The Balaban J connectivity index is 1.48. The molecule has 1 atom stereocenters.